The average molecular weight is 341 g/mol. The molecule has 0 saturated heterocycles. The van der Waals surface area contributed by atoms with Crippen LogP contribution in [0.25, 0.3) is 5.65 Å². The van der Waals surface area contributed by atoms with Crippen molar-refractivity contribution < 1.29 is 14.5 Å². The zero-order valence-electron chi connectivity index (χ0n) is 13.2. The van der Waals surface area contributed by atoms with Crippen LogP contribution in [0.5, 0.6) is 5.75 Å². The smallest absolute Gasteiger partial charge is 0.269 e. The highest BCUT2D eigenvalue weighted by molar-refractivity contribution is 5.77. The summed E-state index contributed by atoms with van der Waals surface area (Å²) in [6, 6.07) is 11.2. The van der Waals surface area contributed by atoms with Crippen LogP contribution in [-0.2, 0) is 11.2 Å². The first kappa shape index (κ1) is 16.4. The maximum absolute atomic E-state index is 11.8. The van der Waals surface area contributed by atoms with Crippen molar-refractivity contribution in [1.82, 2.24) is 19.9 Å². The van der Waals surface area contributed by atoms with Crippen molar-refractivity contribution in [1.29, 1.82) is 0 Å². The fourth-order valence-corrected chi connectivity index (χ4v) is 2.24. The lowest BCUT2D eigenvalue weighted by molar-refractivity contribution is -0.384. The summed E-state index contributed by atoms with van der Waals surface area (Å²) in [6.45, 7) is 0.233. The normalized spacial score (nSPS) is 10.6. The minimum Gasteiger partial charge on any atom is -0.484 e. The van der Waals surface area contributed by atoms with E-state index in [9.17, 15) is 14.9 Å². The molecule has 0 aliphatic carbocycles. The molecule has 0 fully saturated rings. The molecule has 0 aliphatic rings. The van der Waals surface area contributed by atoms with Crippen LogP contribution in [0.4, 0.5) is 5.69 Å². The molecule has 0 aliphatic heterocycles. The molecule has 0 radical (unpaired) electrons. The van der Waals surface area contributed by atoms with Gasteiger partial charge in [0.15, 0.2) is 12.3 Å². The van der Waals surface area contributed by atoms with E-state index in [0.717, 1.165) is 11.5 Å². The molecular weight excluding hydrogens is 326 g/mol. The SMILES string of the molecule is O=C(COc1ccc([N+](=O)[O-])cc1)NCCc1nnc2ccccn12. The number of non-ortho nitro benzene ring substituents is 1. The van der Waals surface area contributed by atoms with Gasteiger partial charge in [-0.15, -0.1) is 10.2 Å². The fraction of sp³-hybridized carbons (Fsp3) is 0.188. The summed E-state index contributed by atoms with van der Waals surface area (Å²) in [5.41, 5.74) is 0.725. The number of ether oxygens (including phenoxy) is 1. The molecule has 0 atom stereocenters. The Hall–Kier alpha value is -3.49. The molecule has 25 heavy (non-hydrogen) atoms. The maximum atomic E-state index is 11.8. The Morgan fingerprint density at radius 2 is 2.00 bits per heavy atom. The minimum absolute atomic E-state index is 0.0302. The number of hydrogen-bond donors (Lipinski definition) is 1. The zero-order chi connectivity index (χ0) is 17.6. The molecule has 2 heterocycles. The van der Waals surface area contributed by atoms with Gasteiger partial charge in [-0.1, -0.05) is 6.07 Å². The molecule has 0 unspecified atom stereocenters. The number of benzene rings is 1. The van der Waals surface area contributed by atoms with E-state index >= 15 is 0 Å². The van der Waals surface area contributed by atoms with E-state index in [1.807, 2.05) is 28.8 Å². The maximum Gasteiger partial charge on any atom is 0.269 e. The van der Waals surface area contributed by atoms with Gasteiger partial charge in [0.05, 0.1) is 4.92 Å². The minimum atomic E-state index is -0.495. The number of carbonyl (C=O) groups excluding carboxylic acids is 1. The fourth-order valence-electron chi connectivity index (χ4n) is 2.24. The number of aromatic nitrogens is 3. The molecule has 3 aromatic rings. The Morgan fingerprint density at radius 1 is 1.20 bits per heavy atom. The second-order valence-corrected chi connectivity index (χ2v) is 5.18. The van der Waals surface area contributed by atoms with Gasteiger partial charge < -0.3 is 10.1 Å². The van der Waals surface area contributed by atoms with Crippen molar-refractivity contribution in [3.8, 4) is 5.75 Å². The first-order valence-corrected chi connectivity index (χ1v) is 7.56. The number of nitro benzene ring substituents is 1. The monoisotopic (exact) mass is 341 g/mol. The van der Waals surface area contributed by atoms with Crippen LogP contribution in [-0.4, -0.2) is 38.6 Å². The number of nitro groups is 1. The lowest BCUT2D eigenvalue weighted by Gasteiger charge is -2.07. The molecule has 1 amide bonds. The second-order valence-electron chi connectivity index (χ2n) is 5.18. The third-order valence-electron chi connectivity index (χ3n) is 3.47. The van der Waals surface area contributed by atoms with Gasteiger partial charge in [-0.3, -0.25) is 19.3 Å². The van der Waals surface area contributed by atoms with E-state index in [1.54, 1.807) is 0 Å². The number of hydrogen-bond acceptors (Lipinski definition) is 6. The number of fused-ring (bicyclic) bond motifs is 1. The Labute approximate surface area is 142 Å². The molecule has 0 bridgehead atoms. The lowest BCUT2D eigenvalue weighted by atomic mass is 10.3. The molecule has 0 saturated carbocycles. The summed E-state index contributed by atoms with van der Waals surface area (Å²) in [7, 11) is 0. The van der Waals surface area contributed by atoms with Crippen LogP contribution in [0.1, 0.15) is 5.82 Å². The quantitative estimate of drug-likeness (QED) is 0.513. The Morgan fingerprint density at radius 3 is 2.76 bits per heavy atom. The van der Waals surface area contributed by atoms with Crippen molar-refractivity contribution >= 4 is 17.2 Å². The number of rotatable bonds is 7. The molecule has 3 rings (SSSR count). The number of carbonyl (C=O) groups is 1. The summed E-state index contributed by atoms with van der Waals surface area (Å²) in [5.74, 6) is 0.864. The number of amides is 1. The van der Waals surface area contributed by atoms with Crippen LogP contribution in [0, 0.1) is 10.1 Å². The Kier molecular flexibility index (Phi) is 4.84. The zero-order valence-corrected chi connectivity index (χ0v) is 13.2. The van der Waals surface area contributed by atoms with Gasteiger partial charge in [0.1, 0.15) is 11.6 Å². The summed E-state index contributed by atoms with van der Waals surface area (Å²) in [6.07, 6.45) is 2.40. The summed E-state index contributed by atoms with van der Waals surface area (Å²) >= 11 is 0. The highest BCUT2D eigenvalue weighted by atomic mass is 16.6. The molecule has 1 aromatic carbocycles. The molecule has 1 N–H and O–H groups in total. The number of nitrogens with zero attached hydrogens (tertiary/aromatic N) is 4. The molecular formula is C16H15N5O4. The van der Waals surface area contributed by atoms with Crippen LogP contribution in [0.15, 0.2) is 48.7 Å². The topological polar surface area (TPSA) is 112 Å². The summed E-state index contributed by atoms with van der Waals surface area (Å²) in [5, 5.41) is 21.4. The Bertz CT molecular complexity index is 891. The second kappa shape index (κ2) is 7.39. The first-order chi connectivity index (χ1) is 12.1. The van der Waals surface area contributed by atoms with Crippen molar-refractivity contribution in [2.75, 3.05) is 13.2 Å². The predicted octanol–water partition coefficient (Wildman–Crippen LogP) is 1.38. The molecule has 9 nitrogen and oxygen atoms in total. The van der Waals surface area contributed by atoms with Gasteiger partial charge in [-0.2, -0.15) is 0 Å². The highest BCUT2D eigenvalue weighted by Gasteiger charge is 2.08. The molecule has 0 spiro atoms. The van der Waals surface area contributed by atoms with Crippen LogP contribution < -0.4 is 10.1 Å². The van der Waals surface area contributed by atoms with E-state index in [2.05, 4.69) is 15.5 Å². The lowest BCUT2D eigenvalue weighted by Crippen LogP contribution is -2.30. The summed E-state index contributed by atoms with van der Waals surface area (Å²) < 4.78 is 7.15. The van der Waals surface area contributed by atoms with E-state index in [0.29, 0.717) is 18.7 Å². The molecule has 9 heteroatoms. The van der Waals surface area contributed by atoms with Gasteiger partial charge in [0.2, 0.25) is 0 Å². The van der Waals surface area contributed by atoms with E-state index in [4.69, 9.17) is 4.74 Å². The van der Waals surface area contributed by atoms with Gasteiger partial charge in [-0.25, -0.2) is 0 Å². The molecule has 128 valence electrons. The van der Waals surface area contributed by atoms with E-state index in [1.165, 1.54) is 24.3 Å². The highest BCUT2D eigenvalue weighted by Crippen LogP contribution is 2.17. The van der Waals surface area contributed by atoms with Gasteiger partial charge in [-0.05, 0) is 24.3 Å². The van der Waals surface area contributed by atoms with Crippen LogP contribution in [0.3, 0.4) is 0 Å². The third kappa shape index (κ3) is 4.08. The van der Waals surface area contributed by atoms with Crippen molar-refractivity contribution in [2.24, 2.45) is 0 Å². The molecule has 2 aromatic heterocycles. The van der Waals surface area contributed by atoms with Gasteiger partial charge in [0, 0.05) is 31.3 Å². The Balaban J connectivity index is 1.44. The average Bonchev–Trinajstić information content (AvgIpc) is 3.04. The van der Waals surface area contributed by atoms with Crippen LogP contribution >= 0.6 is 0 Å². The van der Waals surface area contributed by atoms with Crippen molar-refractivity contribution in [2.45, 2.75) is 6.42 Å². The standard InChI is InChI=1S/C16H15N5O4/c22-16(11-25-13-6-4-12(5-7-13)21(23)24)17-9-8-15-19-18-14-3-1-2-10-20(14)15/h1-7,10H,8-9,11H2,(H,17,22). The third-order valence-corrected chi connectivity index (χ3v) is 3.47. The van der Waals surface area contributed by atoms with Crippen molar-refractivity contribution in [3.05, 3.63) is 64.6 Å². The van der Waals surface area contributed by atoms with E-state index in [-0.39, 0.29) is 18.2 Å². The predicted molar refractivity (Wildman–Crippen MR) is 88.3 cm³/mol. The summed E-state index contributed by atoms with van der Waals surface area (Å²) in [4.78, 5) is 21.9. The van der Waals surface area contributed by atoms with Gasteiger partial charge in [0.25, 0.3) is 11.6 Å². The number of nitrogens with one attached hydrogen (secondary N) is 1. The van der Waals surface area contributed by atoms with Gasteiger partial charge >= 0.3 is 0 Å². The van der Waals surface area contributed by atoms with Crippen molar-refractivity contribution in [3.63, 3.8) is 0 Å². The first-order valence-electron chi connectivity index (χ1n) is 7.56. The number of pyridine rings is 1. The largest absolute Gasteiger partial charge is 0.484 e. The van der Waals surface area contributed by atoms with E-state index < -0.39 is 4.92 Å². The van der Waals surface area contributed by atoms with Crippen LogP contribution in [0.2, 0.25) is 0 Å².